The molecule has 2 rings (SSSR count). The topological polar surface area (TPSA) is 38.9 Å². The molecule has 2 aromatic rings. The van der Waals surface area contributed by atoms with E-state index in [9.17, 15) is 8.78 Å². The molecule has 5 heteroatoms. The maximum atomic E-state index is 13.5. The Morgan fingerprint density at radius 3 is 2.67 bits per heavy atom. The zero-order valence-corrected chi connectivity index (χ0v) is 10.5. The maximum absolute atomic E-state index is 13.5. The van der Waals surface area contributed by atoms with Gasteiger partial charge in [0, 0.05) is 23.2 Å². The van der Waals surface area contributed by atoms with Gasteiger partial charge in [0.25, 0.3) is 0 Å². The van der Waals surface area contributed by atoms with E-state index in [1.165, 1.54) is 12.1 Å². The summed E-state index contributed by atoms with van der Waals surface area (Å²) >= 11 is 1.15. The van der Waals surface area contributed by atoms with Crippen molar-refractivity contribution in [2.24, 2.45) is 5.73 Å². The van der Waals surface area contributed by atoms with Crippen molar-refractivity contribution in [3.05, 3.63) is 53.7 Å². The Hall–Kier alpha value is -1.46. The molecule has 0 bridgehead atoms. The SMILES string of the molecule is C[C@@H](N)c1ccnc(Sc2ccc(F)cc2F)c1. The molecule has 2 nitrogen and oxygen atoms in total. The summed E-state index contributed by atoms with van der Waals surface area (Å²) in [5.41, 5.74) is 6.69. The van der Waals surface area contributed by atoms with Crippen LogP contribution in [0.4, 0.5) is 8.78 Å². The smallest absolute Gasteiger partial charge is 0.140 e. The van der Waals surface area contributed by atoms with E-state index in [1.807, 2.05) is 13.0 Å². The number of nitrogens with zero attached hydrogens (tertiary/aromatic N) is 1. The number of halogens is 2. The maximum Gasteiger partial charge on any atom is 0.140 e. The summed E-state index contributed by atoms with van der Waals surface area (Å²) in [6.45, 7) is 1.86. The zero-order valence-electron chi connectivity index (χ0n) is 9.73. The van der Waals surface area contributed by atoms with Crippen molar-refractivity contribution in [1.82, 2.24) is 4.98 Å². The molecule has 0 radical (unpaired) electrons. The van der Waals surface area contributed by atoms with E-state index in [-0.39, 0.29) is 6.04 Å². The van der Waals surface area contributed by atoms with Crippen LogP contribution in [-0.4, -0.2) is 4.98 Å². The van der Waals surface area contributed by atoms with E-state index in [4.69, 9.17) is 5.73 Å². The van der Waals surface area contributed by atoms with Crippen molar-refractivity contribution in [2.45, 2.75) is 22.9 Å². The highest BCUT2D eigenvalue weighted by atomic mass is 32.2. The lowest BCUT2D eigenvalue weighted by molar-refractivity contribution is 0.565. The summed E-state index contributed by atoms with van der Waals surface area (Å²) in [5.74, 6) is -1.18. The van der Waals surface area contributed by atoms with Gasteiger partial charge >= 0.3 is 0 Å². The average molecular weight is 266 g/mol. The quantitative estimate of drug-likeness (QED) is 0.923. The molecule has 0 aliphatic heterocycles. The molecule has 0 aliphatic rings. The fourth-order valence-corrected chi connectivity index (χ4v) is 2.26. The molecule has 0 amide bonds. The zero-order chi connectivity index (χ0) is 13.1. The van der Waals surface area contributed by atoms with Gasteiger partial charge in [-0.3, -0.25) is 0 Å². The lowest BCUT2D eigenvalue weighted by Crippen LogP contribution is -2.04. The van der Waals surface area contributed by atoms with E-state index >= 15 is 0 Å². The summed E-state index contributed by atoms with van der Waals surface area (Å²) in [4.78, 5) is 4.47. The van der Waals surface area contributed by atoms with Gasteiger partial charge in [-0.25, -0.2) is 13.8 Å². The third-order valence-electron chi connectivity index (χ3n) is 2.39. The monoisotopic (exact) mass is 266 g/mol. The fraction of sp³-hybridized carbons (Fsp3) is 0.154. The Kier molecular flexibility index (Phi) is 3.93. The first kappa shape index (κ1) is 13.0. The van der Waals surface area contributed by atoms with Gasteiger partial charge in [0.2, 0.25) is 0 Å². The summed E-state index contributed by atoms with van der Waals surface area (Å²) < 4.78 is 26.3. The second-order valence-corrected chi connectivity index (χ2v) is 4.96. The Morgan fingerprint density at radius 1 is 1.22 bits per heavy atom. The van der Waals surface area contributed by atoms with Crippen LogP contribution in [-0.2, 0) is 0 Å². The number of hydrogen-bond donors (Lipinski definition) is 1. The van der Waals surface area contributed by atoms with E-state index in [0.29, 0.717) is 9.92 Å². The minimum atomic E-state index is -0.590. The van der Waals surface area contributed by atoms with Crippen LogP contribution in [0.1, 0.15) is 18.5 Å². The summed E-state index contributed by atoms with van der Waals surface area (Å²) in [6.07, 6.45) is 1.63. The van der Waals surface area contributed by atoms with Crippen molar-refractivity contribution in [3.8, 4) is 0 Å². The third-order valence-corrected chi connectivity index (χ3v) is 3.38. The molecular formula is C13H12F2N2S. The van der Waals surface area contributed by atoms with Crippen molar-refractivity contribution in [2.75, 3.05) is 0 Å². The fourth-order valence-electron chi connectivity index (χ4n) is 1.43. The highest BCUT2D eigenvalue weighted by Gasteiger charge is 2.08. The van der Waals surface area contributed by atoms with Crippen molar-refractivity contribution < 1.29 is 8.78 Å². The second-order valence-electron chi connectivity index (χ2n) is 3.89. The van der Waals surface area contributed by atoms with E-state index in [0.717, 1.165) is 23.4 Å². The molecule has 94 valence electrons. The number of hydrogen-bond acceptors (Lipinski definition) is 3. The molecule has 0 aliphatic carbocycles. The number of pyridine rings is 1. The van der Waals surface area contributed by atoms with Crippen molar-refractivity contribution >= 4 is 11.8 Å². The molecule has 0 saturated carbocycles. The standard InChI is InChI=1S/C13H12F2N2S/c1-8(16)9-4-5-17-13(6-9)18-12-3-2-10(14)7-11(12)15/h2-8H,16H2,1H3/t8-/m1/s1. The van der Waals surface area contributed by atoms with Gasteiger partial charge in [-0.15, -0.1) is 0 Å². The van der Waals surface area contributed by atoms with Gasteiger partial charge in [0.15, 0.2) is 0 Å². The molecule has 1 atom stereocenters. The van der Waals surface area contributed by atoms with Crippen LogP contribution in [0.5, 0.6) is 0 Å². The van der Waals surface area contributed by atoms with Gasteiger partial charge < -0.3 is 5.73 Å². The molecule has 0 unspecified atom stereocenters. The van der Waals surface area contributed by atoms with E-state index in [1.54, 1.807) is 12.3 Å². The average Bonchev–Trinajstić information content (AvgIpc) is 2.33. The predicted octanol–water partition coefficient (Wildman–Crippen LogP) is 3.53. The summed E-state index contributed by atoms with van der Waals surface area (Å²) in [7, 11) is 0. The van der Waals surface area contributed by atoms with Crippen LogP contribution < -0.4 is 5.73 Å². The first-order valence-electron chi connectivity index (χ1n) is 5.40. The summed E-state index contributed by atoms with van der Waals surface area (Å²) in [6, 6.07) is 6.99. The van der Waals surface area contributed by atoms with Crippen LogP contribution in [0.2, 0.25) is 0 Å². The molecular weight excluding hydrogens is 254 g/mol. The molecule has 0 fully saturated rings. The molecule has 1 aromatic heterocycles. The lowest BCUT2D eigenvalue weighted by atomic mass is 10.1. The Morgan fingerprint density at radius 2 is 2.00 bits per heavy atom. The molecule has 18 heavy (non-hydrogen) atoms. The molecule has 1 aromatic carbocycles. The van der Waals surface area contributed by atoms with Crippen molar-refractivity contribution in [3.63, 3.8) is 0 Å². The van der Waals surface area contributed by atoms with E-state index < -0.39 is 11.6 Å². The van der Waals surface area contributed by atoms with Crippen LogP contribution in [0.25, 0.3) is 0 Å². The molecule has 2 N–H and O–H groups in total. The highest BCUT2D eigenvalue weighted by molar-refractivity contribution is 7.99. The van der Waals surface area contributed by atoms with Crippen LogP contribution in [0.3, 0.4) is 0 Å². The molecule has 1 heterocycles. The highest BCUT2D eigenvalue weighted by Crippen LogP contribution is 2.29. The second kappa shape index (κ2) is 5.46. The normalized spacial score (nSPS) is 12.4. The van der Waals surface area contributed by atoms with E-state index in [2.05, 4.69) is 4.98 Å². The molecule has 0 spiro atoms. The van der Waals surface area contributed by atoms with Crippen molar-refractivity contribution in [1.29, 1.82) is 0 Å². The van der Waals surface area contributed by atoms with Gasteiger partial charge in [0.05, 0.1) is 0 Å². The number of benzene rings is 1. The number of nitrogens with two attached hydrogens (primary N) is 1. The van der Waals surface area contributed by atoms with Gasteiger partial charge in [0.1, 0.15) is 16.7 Å². The van der Waals surface area contributed by atoms with Gasteiger partial charge in [-0.05, 0) is 36.8 Å². The van der Waals surface area contributed by atoms with Crippen LogP contribution in [0.15, 0.2) is 46.5 Å². The minimum Gasteiger partial charge on any atom is -0.324 e. The lowest BCUT2D eigenvalue weighted by Gasteiger charge is -2.07. The van der Waals surface area contributed by atoms with Crippen LogP contribution >= 0.6 is 11.8 Å². The Balaban J connectivity index is 2.25. The summed E-state index contributed by atoms with van der Waals surface area (Å²) in [5, 5.41) is 0.635. The number of aromatic nitrogens is 1. The number of rotatable bonds is 3. The van der Waals surface area contributed by atoms with Gasteiger partial charge in [-0.2, -0.15) is 0 Å². The Labute approximate surface area is 108 Å². The minimum absolute atomic E-state index is 0.106. The first-order chi connectivity index (χ1) is 8.56. The van der Waals surface area contributed by atoms with Crippen LogP contribution in [0, 0.1) is 11.6 Å². The molecule has 0 saturated heterocycles. The Bertz CT molecular complexity index is 558. The predicted molar refractivity (Wildman–Crippen MR) is 67.3 cm³/mol. The van der Waals surface area contributed by atoms with Gasteiger partial charge in [-0.1, -0.05) is 11.8 Å². The third kappa shape index (κ3) is 3.05. The largest absolute Gasteiger partial charge is 0.324 e. The first-order valence-corrected chi connectivity index (χ1v) is 6.22.